The van der Waals surface area contributed by atoms with E-state index in [-0.39, 0.29) is 17.1 Å². The third-order valence-corrected chi connectivity index (χ3v) is 3.37. The number of imidazole rings is 1. The summed E-state index contributed by atoms with van der Waals surface area (Å²) in [6.45, 7) is -0.540. The SMILES string of the molecule is Nc1nc2c([nH]c(=O)n2[C@H]2O[C@@H](CO)[C@@H](O)[C@H]2O)c(=O)[nH]1. The maximum Gasteiger partial charge on any atom is 0.330 e. The fraction of sp³-hybridized carbons (Fsp3) is 0.500. The van der Waals surface area contributed by atoms with Crippen molar-refractivity contribution >= 4 is 17.1 Å². The van der Waals surface area contributed by atoms with Gasteiger partial charge in [0.2, 0.25) is 5.95 Å². The topological polar surface area (TPSA) is 179 Å². The highest BCUT2D eigenvalue weighted by atomic mass is 16.6. The summed E-state index contributed by atoms with van der Waals surface area (Å²) in [5.41, 5.74) is 3.77. The number of H-pyrrole nitrogens is 2. The van der Waals surface area contributed by atoms with E-state index in [0.29, 0.717) is 0 Å². The van der Waals surface area contributed by atoms with Crippen molar-refractivity contribution in [1.29, 1.82) is 0 Å². The van der Waals surface area contributed by atoms with Crippen LogP contribution in [-0.4, -0.2) is 59.8 Å². The average molecular weight is 299 g/mol. The molecule has 2 aromatic heterocycles. The summed E-state index contributed by atoms with van der Waals surface area (Å²) in [5, 5.41) is 28.7. The highest BCUT2D eigenvalue weighted by Crippen LogP contribution is 2.29. The van der Waals surface area contributed by atoms with Gasteiger partial charge in [-0.3, -0.25) is 14.8 Å². The number of ether oxygens (including phenoxy) is 1. The lowest BCUT2D eigenvalue weighted by Gasteiger charge is -2.15. The number of aromatic nitrogens is 4. The molecule has 21 heavy (non-hydrogen) atoms. The predicted molar refractivity (Wildman–Crippen MR) is 68.4 cm³/mol. The minimum Gasteiger partial charge on any atom is -0.394 e. The van der Waals surface area contributed by atoms with Gasteiger partial charge in [-0.05, 0) is 0 Å². The van der Waals surface area contributed by atoms with Crippen LogP contribution in [-0.2, 0) is 4.74 Å². The molecule has 2 aromatic rings. The van der Waals surface area contributed by atoms with Gasteiger partial charge < -0.3 is 25.8 Å². The molecule has 11 nitrogen and oxygen atoms in total. The minimum atomic E-state index is -1.47. The molecular formula is C10H13N5O6. The zero-order chi connectivity index (χ0) is 15.3. The quantitative estimate of drug-likeness (QED) is 0.332. The van der Waals surface area contributed by atoms with Crippen LogP contribution < -0.4 is 17.0 Å². The molecule has 0 spiro atoms. The molecule has 0 bridgehead atoms. The van der Waals surface area contributed by atoms with E-state index in [2.05, 4.69) is 15.0 Å². The number of aromatic amines is 2. The molecule has 7 N–H and O–H groups in total. The minimum absolute atomic E-state index is 0.115. The average Bonchev–Trinajstić information content (AvgIpc) is 2.89. The normalized spacial score (nSPS) is 29.3. The van der Waals surface area contributed by atoms with E-state index in [4.69, 9.17) is 15.6 Å². The van der Waals surface area contributed by atoms with Crippen molar-refractivity contribution in [2.24, 2.45) is 0 Å². The molecule has 0 unspecified atom stereocenters. The first-order valence-electron chi connectivity index (χ1n) is 6.06. The van der Waals surface area contributed by atoms with E-state index < -0.39 is 42.4 Å². The van der Waals surface area contributed by atoms with Crippen LogP contribution >= 0.6 is 0 Å². The molecule has 11 heteroatoms. The third kappa shape index (κ3) is 1.94. The summed E-state index contributed by atoms with van der Waals surface area (Å²) < 4.78 is 6.13. The Balaban J connectivity index is 2.20. The van der Waals surface area contributed by atoms with Gasteiger partial charge in [-0.25, -0.2) is 9.36 Å². The van der Waals surface area contributed by atoms with E-state index in [1.54, 1.807) is 0 Å². The maximum absolute atomic E-state index is 12.0. The number of hydrogen-bond donors (Lipinski definition) is 6. The van der Waals surface area contributed by atoms with Crippen LogP contribution in [0.3, 0.4) is 0 Å². The molecule has 1 fully saturated rings. The fourth-order valence-corrected chi connectivity index (χ4v) is 2.36. The van der Waals surface area contributed by atoms with Crippen molar-refractivity contribution in [3.63, 3.8) is 0 Å². The first-order valence-corrected chi connectivity index (χ1v) is 6.06. The molecule has 0 radical (unpaired) electrons. The standard InChI is InChI=1S/C10H13N5O6/c11-9-13-6-3(7(19)14-9)12-10(20)15(6)8-5(18)4(17)2(1-16)21-8/h2,4-5,8,16-18H,1H2,(H,12,20)(H3,11,13,14,19)/t2-,4+,5+,8-/m0/s1. The number of aliphatic hydroxyl groups excluding tert-OH is 3. The summed E-state index contributed by atoms with van der Waals surface area (Å²) >= 11 is 0. The van der Waals surface area contributed by atoms with Crippen molar-refractivity contribution in [2.75, 3.05) is 12.3 Å². The van der Waals surface area contributed by atoms with Crippen LogP contribution in [0.2, 0.25) is 0 Å². The summed E-state index contributed by atoms with van der Waals surface area (Å²) in [6.07, 6.45) is -5.20. The highest BCUT2D eigenvalue weighted by Gasteiger charge is 2.44. The molecule has 0 aliphatic carbocycles. The number of nitrogens with one attached hydrogen (secondary N) is 2. The molecule has 3 rings (SSSR count). The van der Waals surface area contributed by atoms with E-state index in [1.807, 2.05) is 0 Å². The van der Waals surface area contributed by atoms with Crippen molar-refractivity contribution in [3.05, 3.63) is 20.8 Å². The van der Waals surface area contributed by atoms with Gasteiger partial charge in [-0.15, -0.1) is 0 Å². The number of nitrogens with two attached hydrogens (primary N) is 1. The molecule has 1 saturated heterocycles. The summed E-state index contributed by atoms with van der Waals surface area (Å²) in [7, 11) is 0. The Morgan fingerprint density at radius 2 is 2.00 bits per heavy atom. The van der Waals surface area contributed by atoms with Gasteiger partial charge in [-0.1, -0.05) is 0 Å². The van der Waals surface area contributed by atoms with Crippen molar-refractivity contribution < 1.29 is 20.1 Å². The van der Waals surface area contributed by atoms with Crippen LogP contribution in [0.4, 0.5) is 5.95 Å². The van der Waals surface area contributed by atoms with Gasteiger partial charge >= 0.3 is 5.69 Å². The lowest BCUT2D eigenvalue weighted by Crippen LogP contribution is -2.35. The number of aliphatic hydroxyl groups is 3. The van der Waals surface area contributed by atoms with Gasteiger partial charge in [-0.2, -0.15) is 4.98 Å². The van der Waals surface area contributed by atoms with Crippen LogP contribution in [0.5, 0.6) is 0 Å². The molecule has 0 aromatic carbocycles. The van der Waals surface area contributed by atoms with Crippen molar-refractivity contribution in [1.82, 2.24) is 19.5 Å². The number of rotatable bonds is 2. The van der Waals surface area contributed by atoms with Crippen LogP contribution in [0, 0.1) is 0 Å². The smallest absolute Gasteiger partial charge is 0.330 e. The highest BCUT2D eigenvalue weighted by molar-refractivity contribution is 5.70. The van der Waals surface area contributed by atoms with E-state index in [1.165, 1.54) is 0 Å². The second-order valence-electron chi connectivity index (χ2n) is 4.68. The van der Waals surface area contributed by atoms with Gasteiger partial charge in [0.05, 0.1) is 6.61 Å². The Morgan fingerprint density at radius 1 is 1.29 bits per heavy atom. The monoisotopic (exact) mass is 299 g/mol. The summed E-state index contributed by atoms with van der Waals surface area (Å²) in [4.78, 5) is 32.0. The zero-order valence-electron chi connectivity index (χ0n) is 10.6. The maximum atomic E-state index is 12.0. The fourth-order valence-electron chi connectivity index (χ4n) is 2.36. The van der Waals surface area contributed by atoms with Gasteiger partial charge in [0.1, 0.15) is 18.3 Å². The Hall–Kier alpha value is -2.21. The second-order valence-corrected chi connectivity index (χ2v) is 4.68. The number of hydrogen-bond acceptors (Lipinski definition) is 8. The molecule has 1 aliphatic heterocycles. The summed E-state index contributed by atoms with van der Waals surface area (Å²) in [5.74, 6) is -0.216. The Labute approximate surface area is 115 Å². The first-order chi connectivity index (χ1) is 9.93. The van der Waals surface area contributed by atoms with Gasteiger partial charge in [0.15, 0.2) is 17.4 Å². The second kappa shape index (κ2) is 4.66. The number of anilines is 1. The molecule has 4 atom stereocenters. The van der Waals surface area contributed by atoms with Crippen LogP contribution in [0.25, 0.3) is 11.2 Å². The Bertz CT molecular complexity index is 793. The molecule has 0 saturated carbocycles. The molecule has 0 amide bonds. The molecule has 3 heterocycles. The Kier molecular flexibility index (Phi) is 3.06. The van der Waals surface area contributed by atoms with E-state index in [9.17, 15) is 19.8 Å². The van der Waals surface area contributed by atoms with Crippen LogP contribution in [0.15, 0.2) is 9.59 Å². The molecule has 114 valence electrons. The van der Waals surface area contributed by atoms with E-state index in [0.717, 1.165) is 4.57 Å². The first kappa shape index (κ1) is 13.8. The largest absolute Gasteiger partial charge is 0.394 e. The van der Waals surface area contributed by atoms with E-state index >= 15 is 0 Å². The Morgan fingerprint density at radius 3 is 2.62 bits per heavy atom. The number of fused-ring (bicyclic) bond motifs is 1. The van der Waals surface area contributed by atoms with Crippen molar-refractivity contribution in [2.45, 2.75) is 24.5 Å². The molecular weight excluding hydrogens is 286 g/mol. The van der Waals surface area contributed by atoms with Gasteiger partial charge in [0, 0.05) is 0 Å². The van der Waals surface area contributed by atoms with Crippen LogP contribution in [0.1, 0.15) is 6.23 Å². The van der Waals surface area contributed by atoms with Gasteiger partial charge in [0.25, 0.3) is 5.56 Å². The third-order valence-electron chi connectivity index (χ3n) is 3.37. The predicted octanol–water partition coefficient (Wildman–Crippen LogP) is -3.39. The van der Waals surface area contributed by atoms with Crippen molar-refractivity contribution in [3.8, 4) is 0 Å². The number of nitrogens with zero attached hydrogens (tertiary/aromatic N) is 2. The zero-order valence-corrected chi connectivity index (χ0v) is 10.6. The molecule has 1 aliphatic rings. The summed E-state index contributed by atoms with van der Waals surface area (Å²) in [6, 6.07) is 0. The number of nitrogen functional groups attached to an aromatic ring is 1. The lowest BCUT2D eigenvalue weighted by molar-refractivity contribution is -0.0524. The lowest BCUT2D eigenvalue weighted by atomic mass is 10.1.